The normalized spacial score (nSPS) is 16.3. The maximum absolute atomic E-state index is 10.7. The van der Waals surface area contributed by atoms with Gasteiger partial charge in [-0.05, 0) is 18.9 Å². The lowest BCUT2D eigenvalue weighted by Gasteiger charge is -1.94. The van der Waals surface area contributed by atoms with Crippen LogP contribution in [0.4, 0.5) is 0 Å². The van der Waals surface area contributed by atoms with E-state index in [9.17, 15) is 4.79 Å². The van der Waals surface area contributed by atoms with Crippen LogP contribution in [0, 0.1) is 0 Å². The van der Waals surface area contributed by atoms with E-state index in [2.05, 4.69) is 17.0 Å². The molecule has 1 saturated carbocycles. The van der Waals surface area contributed by atoms with E-state index in [1.165, 1.54) is 24.2 Å². The SMILES string of the molecule is O=C(O)c1cc2cn(C3CC3)cc2s1. The Morgan fingerprint density at radius 3 is 2.86 bits per heavy atom. The van der Waals surface area contributed by atoms with Crippen molar-refractivity contribution in [3.05, 3.63) is 23.3 Å². The van der Waals surface area contributed by atoms with E-state index in [0.717, 1.165) is 10.1 Å². The average Bonchev–Trinajstić information content (AvgIpc) is 2.76. The predicted octanol–water partition coefficient (Wildman–Crippen LogP) is 2.74. The van der Waals surface area contributed by atoms with Crippen LogP contribution in [0.2, 0.25) is 0 Å². The van der Waals surface area contributed by atoms with Gasteiger partial charge in [-0.1, -0.05) is 0 Å². The summed E-state index contributed by atoms with van der Waals surface area (Å²) >= 11 is 1.35. The number of carbonyl (C=O) groups is 1. The molecule has 0 radical (unpaired) electrons. The van der Waals surface area contributed by atoms with E-state index in [-0.39, 0.29) is 0 Å². The number of carboxylic acids is 1. The molecule has 0 spiro atoms. The molecule has 2 aromatic rings. The molecule has 2 aromatic heterocycles. The van der Waals surface area contributed by atoms with Gasteiger partial charge < -0.3 is 9.67 Å². The molecule has 0 atom stereocenters. The van der Waals surface area contributed by atoms with Gasteiger partial charge in [-0.2, -0.15) is 0 Å². The monoisotopic (exact) mass is 207 g/mol. The first-order valence-corrected chi connectivity index (χ1v) is 5.40. The molecule has 2 heterocycles. The summed E-state index contributed by atoms with van der Waals surface area (Å²) in [7, 11) is 0. The Morgan fingerprint density at radius 1 is 1.50 bits per heavy atom. The molecule has 0 bridgehead atoms. The fraction of sp³-hybridized carbons (Fsp3) is 0.300. The second-order valence-corrected chi connectivity index (χ2v) is 4.76. The molecule has 0 unspecified atom stereocenters. The van der Waals surface area contributed by atoms with Crippen LogP contribution >= 0.6 is 11.3 Å². The van der Waals surface area contributed by atoms with Gasteiger partial charge >= 0.3 is 5.97 Å². The third-order valence-electron chi connectivity index (χ3n) is 2.52. The van der Waals surface area contributed by atoms with Crippen LogP contribution in [0.1, 0.15) is 28.6 Å². The Balaban J connectivity index is 2.09. The van der Waals surface area contributed by atoms with Gasteiger partial charge in [0.25, 0.3) is 0 Å². The van der Waals surface area contributed by atoms with Crippen LogP contribution in [0.3, 0.4) is 0 Å². The lowest BCUT2D eigenvalue weighted by molar-refractivity contribution is 0.0702. The van der Waals surface area contributed by atoms with Gasteiger partial charge in [-0.3, -0.25) is 0 Å². The number of hydrogen-bond donors (Lipinski definition) is 1. The van der Waals surface area contributed by atoms with Crippen molar-refractivity contribution in [1.29, 1.82) is 0 Å². The van der Waals surface area contributed by atoms with Crippen molar-refractivity contribution in [2.45, 2.75) is 18.9 Å². The molecule has 4 heteroatoms. The highest BCUT2D eigenvalue weighted by molar-refractivity contribution is 7.20. The van der Waals surface area contributed by atoms with E-state index in [1.54, 1.807) is 6.07 Å². The summed E-state index contributed by atoms with van der Waals surface area (Å²) < 4.78 is 3.28. The number of hydrogen-bond acceptors (Lipinski definition) is 2. The fourth-order valence-corrected chi connectivity index (χ4v) is 2.56. The zero-order valence-electron chi connectivity index (χ0n) is 7.43. The molecule has 1 aliphatic carbocycles. The zero-order valence-corrected chi connectivity index (χ0v) is 8.25. The minimum atomic E-state index is -0.829. The number of fused-ring (bicyclic) bond motifs is 1. The highest BCUT2D eigenvalue weighted by Gasteiger charge is 2.23. The van der Waals surface area contributed by atoms with Crippen molar-refractivity contribution in [1.82, 2.24) is 4.57 Å². The number of thiophene rings is 1. The number of carboxylic acid groups (broad SMARTS) is 1. The van der Waals surface area contributed by atoms with Gasteiger partial charge in [0.05, 0.1) is 4.70 Å². The topological polar surface area (TPSA) is 42.2 Å². The molecule has 3 rings (SSSR count). The summed E-state index contributed by atoms with van der Waals surface area (Å²) in [5.41, 5.74) is 0. The van der Waals surface area contributed by atoms with Gasteiger partial charge in [0, 0.05) is 23.8 Å². The van der Waals surface area contributed by atoms with E-state index in [1.807, 2.05) is 0 Å². The smallest absolute Gasteiger partial charge is 0.345 e. The standard InChI is InChI=1S/C10H9NO2S/c12-10(13)8-3-6-4-11(7-1-2-7)5-9(6)14-8/h3-5,7H,1-2H2,(H,12,13). The van der Waals surface area contributed by atoms with Crippen LogP contribution < -0.4 is 0 Å². The van der Waals surface area contributed by atoms with Crippen LogP contribution in [-0.4, -0.2) is 15.6 Å². The van der Waals surface area contributed by atoms with Crippen LogP contribution in [-0.2, 0) is 0 Å². The third-order valence-corrected chi connectivity index (χ3v) is 3.60. The number of nitrogens with zero attached hydrogens (tertiary/aromatic N) is 1. The van der Waals surface area contributed by atoms with Crippen molar-refractivity contribution >= 4 is 27.4 Å². The Bertz CT molecular complexity index is 476. The van der Waals surface area contributed by atoms with E-state index in [0.29, 0.717) is 10.9 Å². The van der Waals surface area contributed by atoms with E-state index in [4.69, 9.17) is 5.11 Å². The highest BCUT2D eigenvalue weighted by Crippen LogP contribution is 2.38. The Hall–Kier alpha value is -1.29. The molecule has 14 heavy (non-hydrogen) atoms. The molecule has 0 aromatic carbocycles. The van der Waals surface area contributed by atoms with Crippen molar-refractivity contribution < 1.29 is 9.90 Å². The fourth-order valence-electron chi connectivity index (χ4n) is 1.64. The van der Waals surface area contributed by atoms with Crippen LogP contribution in [0.5, 0.6) is 0 Å². The first kappa shape index (κ1) is 8.05. The first-order valence-electron chi connectivity index (χ1n) is 4.58. The second kappa shape index (κ2) is 2.60. The van der Waals surface area contributed by atoms with Crippen LogP contribution in [0.25, 0.3) is 10.1 Å². The van der Waals surface area contributed by atoms with Gasteiger partial charge in [0.15, 0.2) is 0 Å². The largest absolute Gasteiger partial charge is 0.477 e. The third kappa shape index (κ3) is 1.14. The molecule has 72 valence electrons. The number of aromatic carboxylic acids is 1. The number of rotatable bonds is 2. The molecular weight excluding hydrogens is 198 g/mol. The predicted molar refractivity (Wildman–Crippen MR) is 55.0 cm³/mol. The Labute approximate surface area is 84.6 Å². The van der Waals surface area contributed by atoms with Gasteiger partial charge in [0.2, 0.25) is 0 Å². The highest BCUT2D eigenvalue weighted by atomic mass is 32.1. The molecule has 3 nitrogen and oxygen atoms in total. The number of aromatic nitrogens is 1. The van der Waals surface area contributed by atoms with Crippen molar-refractivity contribution in [3.63, 3.8) is 0 Å². The summed E-state index contributed by atoms with van der Waals surface area (Å²) in [6.45, 7) is 0. The minimum absolute atomic E-state index is 0.429. The summed E-state index contributed by atoms with van der Waals surface area (Å²) in [6.07, 6.45) is 6.63. The Morgan fingerprint density at radius 2 is 2.29 bits per heavy atom. The van der Waals surface area contributed by atoms with Crippen molar-refractivity contribution in [2.75, 3.05) is 0 Å². The van der Waals surface area contributed by atoms with E-state index >= 15 is 0 Å². The van der Waals surface area contributed by atoms with Crippen molar-refractivity contribution in [3.8, 4) is 0 Å². The van der Waals surface area contributed by atoms with Crippen molar-refractivity contribution in [2.24, 2.45) is 0 Å². The van der Waals surface area contributed by atoms with Gasteiger partial charge in [-0.25, -0.2) is 4.79 Å². The molecule has 1 N–H and O–H groups in total. The van der Waals surface area contributed by atoms with Crippen LogP contribution in [0.15, 0.2) is 18.5 Å². The summed E-state index contributed by atoms with van der Waals surface area (Å²) in [6, 6.07) is 2.42. The summed E-state index contributed by atoms with van der Waals surface area (Å²) in [4.78, 5) is 11.1. The summed E-state index contributed by atoms with van der Waals surface area (Å²) in [5, 5.41) is 9.85. The first-order chi connectivity index (χ1) is 6.74. The molecule has 1 aliphatic rings. The maximum Gasteiger partial charge on any atom is 0.345 e. The van der Waals surface area contributed by atoms with Gasteiger partial charge in [0.1, 0.15) is 4.88 Å². The maximum atomic E-state index is 10.7. The lowest BCUT2D eigenvalue weighted by Crippen LogP contribution is -1.90. The van der Waals surface area contributed by atoms with Gasteiger partial charge in [-0.15, -0.1) is 11.3 Å². The average molecular weight is 207 g/mol. The lowest BCUT2D eigenvalue weighted by atomic mass is 10.4. The molecule has 0 amide bonds. The quantitative estimate of drug-likeness (QED) is 0.822. The minimum Gasteiger partial charge on any atom is -0.477 e. The Kier molecular flexibility index (Phi) is 1.50. The van der Waals surface area contributed by atoms with E-state index < -0.39 is 5.97 Å². The molecule has 0 aliphatic heterocycles. The molecule has 1 fully saturated rings. The zero-order chi connectivity index (χ0) is 9.71. The molecule has 0 saturated heterocycles. The summed E-state index contributed by atoms with van der Waals surface area (Å²) in [5.74, 6) is -0.829. The second-order valence-electron chi connectivity index (χ2n) is 3.67. The molecular formula is C10H9NO2S.